The maximum Gasteiger partial charge on any atom is 0.360 e. The van der Waals surface area contributed by atoms with Crippen molar-refractivity contribution in [2.24, 2.45) is 0 Å². The summed E-state index contributed by atoms with van der Waals surface area (Å²) >= 11 is 0. The fourth-order valence-corrected chi connectivity index (χ4v) is 3.57. The third-order valence-corrected chi connectivity index (χ3v) is 5.26. The van der Waals surface area contributed by atoms with Crippen LogP contribution in [0.2, 0.25) is 0 Å². The molecule has 1 N–H and O–H groups in total. The number of nitrogens with one attached hydrogen (secondary N) is 1. The predicted octanol–water partition coefficient (Wildman–Crippen LogP) is 3.96. The molecule has 4 aromatic rings. The van der Waals surface area contributed by atoms with Crippen LogP contribution in [0.4, 0.5) is 5.69 Å². The van der Waals surface area contributed by atoms with Crippen LogP contribution < -0.4 is 15.6 Å². The minimum atomic E-state index is -1.25. The summed E-state index contributed by atoms with van der Waals surface area (Å²) in [6.07, 6.45) is -1.25. The minimum absolute atomic E-state index is 0.0350. The van der Waals surface area contributed by atoms with Crippen LogP contribution >= 0.6 is 0 Å². The van der Waals surface area contributed by atoms with Crippen molar-refractivity contribution < 1.29 is 19.1 Å². The minimum Gasteiger partial charge on any atom is -0.497 e. The smallest absolute Gasteiger partial charge is 0.360 e. The number of aromatic nitrogens is 2. The first kappa shape index (κ1) is 22.7. The molecule has 4 rings (SSSR count). The molecular formula is C26H23N3O5. The molecule has 172 valence electrons. The van der Waals surface area contributed by atoms with Gasteiger partial charge in [0.05, 0.1) is 12.5 Å². The second-order valence-corrected chi connectivity index (χ2v) is 7.43. The van der Waals surface area contributed by atoms with Crippen molar-refractivity contribution in [2.45, 2.75) is 19.6 Å². The predicted molar refractivity (Wildman–Crippen MR) is 128 cm³/mol. The van der Waals surface area contributed by atoms with Crippen LogP contribution in [0.5, 0.6) is 5.75 Å². The Morgan fingerprint density at radius 1 is 0.971 bits per heavy atom. The molecule has 8 nitrogen and oxygen atoms in total. The Morgan fingerprint density at radius 3 is 2.38 bits per heavy atom. The number of ether oxygens (including phenoxy) is 2. The number of hydrogen-bond donors (Lipinski definition) is 1. The lowest BCUT2D eigenvalue weighted by Crippen LogP contribution is -2.29. The Balaban J connectivity index is 1.70. The summed E-state index contributed by atoms with van der Waals surface area (Å²) in [5, 5.41) is 7.70. The lowest BCUT2D eigenvalue weighted by Gasteiger charge is -2.19. The zero-order valence-electron chi connectivity index (χ0n) is 18.7. The van der Waals surface area contributed by atoms with E-state index >= 15 is 0 Å². The van der Waals surface area contributed by atoms with E-state index in [-0.39, 0.29) is 17.8 Å². The van der Waals surface area contributed by atoms with Gasteiger partial charge in [0, 0.05) is 29.2 Å². The molecule has 0 saturated heterocycles. The third kappa shape index (κ3) is 4.66. The zero-order chi connectivity index (χ0) is 24.1. The van der Waals surface area contributed by atoms with Gasteiger partial charge in [-0.3, -0.25) is 9.59 Å². The lowest BCUT2D eigenvalue weighted by molar-refractivity contribution is -0.125. The molecule has 0 fully saturated rings. The summed E-state index contributed by atoms with van der Waals surface area (Å²) in [6.45, 7) is 2.04. The molecule has 8 heteroatoms. The van der Waals surface area contributed by atoms with Gasteiger partial charge in [0.2, 0.25) is 6.10 Å². The summed E-state index contributed by atoms with van der Waals surface area (Å²) in [6, 6.07) is 22.2. The van der Waals surface area contributed by atoms with Crippen molar-refractivity contribution in [3.8, 4) is 5.75 Å². The van der Waals surface area contributed by atoms with Crippen molar-refractivity contribution in [1.82, 2.24) is 9.78 Å². The normalized spacial score (nSPS) is 11.6. The highest BCUT2D eigenvalue weighted by molar-refractivity contribution is 6.04. The Labute approximate surface area is 195 Å². The molecule has 34 heavy (non-hydrogen) atoms. The van der Waals surface area contributed by atoms with Crippen LogP contribution in [-0.2, 0) is 16.1 Å². The average Bonchev–Trinajstić information content (AvgIpc) is 2.88. The fourth-order valence-electron chi connectivity index (χ4n) is 3.57. The molecule has 3 aromatic carbocycles. The summed E-state index contributed by atoms with van der Waals surface area (Å²) in [7, 11) is 1.53. The SMILES string of the molecule is CCn1nc(C(=O)OC(C(=O)Nc2cccc(OC)c2)c2ccccc2)c2ccccc2c1=O. The van der Waals surface area contributed by atoms with E-state index in [2.05, 4.69) is 10.4 Å². The monoisotopic (exact) mass is 457 g/mol. The maximum atomic E-state index is 13.3. The Bertz CT molecular complexity index is 1400. The number of anilines is 1. The molecule has 0 spiro atoms. The van der Waals surface area contributed by atoms with Crippen LogP contribution in [0.3, 0.4) is 0 Å². The number of benzene rings is 3. The van der Waals surface area contributed by atoms with Crippen molar-refractivity contribution in [2.75, 3.05) is 12.4 Å². The lowest BCUT2D eigenvalue weighted by atomic mass is 10.1. The van der Waals surface area contributed by atoms with Gasteiger partial charge in [0.15, 0.2) is 5.69 Å². The van der Waals surface area contributed by atoms with Gasteiger partial charge in [-0.1, -0.05) is 54.6 Å². The van der Waals surface area contributed by atoms with Crippen molar-refractivity contribution in [3.05, 3.63) is 100 Å². The van der Waals surface area contributed by atoms with E-state index in [0.717, 1.165) is 0 Å². The molecular weight excluding hydrogens is 434 g/mol. The molecule has 1 aromatic heterocycles. The Morgan fingerprint density at radius 2 is 1.68 bits per heavy atom. The number of methoxy groups -OCH3 is 1. The molecule has 0 radical (unpaired) electrons. The third-order valence-electron chi connectivity index (χ3n) is 5.26. The van der Waals surface area contributed by atoms with Crippen molar-refractivity contribution in [3.63, 3.8) is 0 Å². The van der Waals surface area contributed by atoms with E-state index < -0.39 is 18.0 Å². The van der Waals surface area contributed by atoms with Gasteiger partial charge in [-0.2, -0.15) is 5.10 Å². The highest BCUT2D eigenvalue weighted by Gasteiger charge is 2.28. The van der Waals surface area contributed by atoms with E-state index in [1.807, 2.05) is 0 Å². The molecule has 1 heterocycles. The zero-order valence-corrected chi connectivity index (χ0v) is 18.7. The first-order valence-electron chi connectivity index (χ1n) is 10.7. The largest absolute Gasteiger partial charge is 0.497 e. The van der Waals surface area contributed by atoms with Crippen molar-refractivity contribution in [1.29, 1.82) is 0 Å². The van der Waals surface area contributed by atoms with Crippen LogP contribution in [0.1, 0.15) is 29.1 Å². The van der Waals surface area contributed by atoms with Gasteiger partial charge in [-0.25, -0.2) is 9.48 Å². The molecule has 0 aliphatic heterocycles. The average molecular weight is 457 g/mol. The van der Waals surface area contributed by atoms with Crippen LogP contribution in [0, 0.1) is 0 Å². The molecule has 1 atom stereocenters. The fraction of sp³-hybridized carbons (Fsp3) is 0.154. The number of rotatable bonds is 7. The highest BCUT2D eigenvalue weighted by atomic mass is 16.5. The summed E-state index contributed by atoms with van der Waals surface area (Å²) < 4.78 is 12.1. The second kappa shape index (κ2) is 9.99. The number of fused-ring (bicyclic) bond motifs is 1. The van der Waals surface area contributed by atoms with Gasteiger partial charge in [0.1, 0.15) is 5.75 Å². The number of amides is 1. The van der Waals surface area contributed by atoms with Gasteiger partial charge >= 0.3 is 5.97 Å². The van der Waals surface area contributed by atoms with E-state index in [1.165, 1.54) is 11.8 Å². The summed E-state index contributed by atoms with van der Waals surface area (Å²) in [5.74, 6) is -0.780. The Kier molecular flexibility index (Phi) is 6.68. The van der Waals surface area contributed by atoms with Crippen LogP contribution in [0.25, 0.3) is 10.8 Å². The second-order valence-electron chi connectivity index (χ2n) is 7.43. The van der Waals surface area contributed by atoms with E-state index in [4.69, 9.17) is 9.47 Å². The Hall–Kier alpha value is -4.46. The highest BCUT2D eigenvalue weighted by Crippen LogP contribution is 2.24. The molecule has 0 aliphatic rings. The standard InChI is InChI=1S/C26H23N3O5/c1-3-29-25(31)21-15-8-7-14-20(21)22(28-29)26(32)34-23(17-10-5-4-6-11-17)24(30)27-18-12-9-13-19(16-18)33-2/h4-16,23H,3H2,1-2H3,(H,27,30). The van der Waals surface area contributed by atoms with Crippen molar-refractivity contribution >= 4 is 28.3 Å². The molecule has 1 unspecified atom stereocenters. The summed E-state index contributed by atoms with van der Waals surface area (Å²) in [4.78, 5) is 39.1. The number of hydrogen-bond acceptors (Lipinski definition) is 6. The van der Waals surface area contributed by atoms with E-state index in [1.54, 1.807) is 85.8 Å². The topological polar surface area (TPSA) is 99.5 Å². The van der Waals surface area contributed by atoms with Gasteiger partial charge in [0.25, 0.3) is 11.5 Å². The molecule has 0 saturated carbocycles. The van der Waals surface area contributed by atoms with Crippen LogP contribution in [0.15, 0.2) is 83.7 Å². The molecule has 1 amide bonds. The first-order chi connectivity index (χ1) is 16.5. The van der Waals surface area contributed by atoms with Gasteiger partial charge < -0.3 is 14.8 Å². The quantitative estimate of drug-likeness (QED) is 0.422. The van der Waals surface area contributed by atoms with E-state index in [9.17, 15) is 14.4 Å². The number of aryl methyl sites for hydroxylation is 1. The first-order valence-corrected chi connectivity index (χ1v) is 10.7. The number of carbonyl (C=O) groups is 2. The maximum absolute atomic E-state index is 13.3. The van der Waals surface area contributed by atoms with E-state index in [0.29, 0.717) is 27.8 Å². The summed E-state index contributed by atoms with van der Waals surface area (Å²) in [5.41, 5.74) is 0.644. The number of nitrogens with zero attached hydrogens (tertiary/aromatic N) is 2. The van der Waals surface area contributed by atoms with Gasteiger partial charge in [-0.05, 0) is 25.1 Å². The molecule has 0 aliphatic carbocycles. The van der Waals surface area contributed by atoms with Crippen LogP contribution in [-0.4, -0.2) is 28.8 Å². The van der Waals surface area contributed by atoms with Gasteiger partial charge in [-0.15, -0.1) is 0 Å². The number of esters is 1. The molecule has 0 bridgehead atoms. The number of carbonyl (C=O) groups excluding carboxylic acids is 2.